The number of carbonyl (C=O) groups is 1. The second kappa shape index (κ2) is 11.5. The number of rotatable bonds is 9. The predicted molar refractivity (Wildman–Crippen MR) is 126 cm³/mol. The molecule has 1 aliphatic carbocycles. The van der Waals surface area contributed by atoms with Crippen molar-refractivity contribution in [2.45, 2.75) is 58.1 Å². The summed E-state index contributed by atoms with van der Waals surface area (Å²) in [6, 6.07) is 4.90. The Morgan fingerprint density at radius 1 is 1.24 bits per heavy atom. The fourth-order valence-electron chi connectivity index (χ4n) is 4.45. The lowest BCUT2D eigenvalue weighted by Crippen LogP contribution is -2.43. The lowest BCUT2D eigenvalue weighted by atomic mass is 9.81. The summed E-state index contributed by atoms with van der Waals surface area (Å²) in [4.78, 5) is 38.1. The minimum absolute atomic E-state index is 0.0294. The molecule has 1 amide bonds. The average Bonchev–Trinajstić information content (AvgIpc) is 3.07. The van der Waals surface area contributed by atoms with Crippen LogP contribution in [0.5, 0.6) is 0 Å². The van der Waals surface area contributed by atoms with Gasteiger partial charge in [-0.15, -0.1) is 0 Å². The second-order valence-electron chi connectivity index (χ2n) is 9.15. The first kappa shape index (κ1) is 25.8. The summed E-state index contributed by atoms with van der Waals surface area (Å²) in [7, 11) is 1.41. The molecule has 1 aromatic heterocycles. The maximum atomic E-state index is 13.1. The molecule has 0 bridgehead atoms. The van der Waals surface area contributed by atoms with Crippen molar-refractivity contribution in [3.8, 4) is 5.69 Å². The molecule has 1 saturated carbocycles. The quantitative estimate of drug-likeness (QED) is 0.457. The van der Waals surface area contributed by atoms with Gasteiger partial charge >= 0.3 is 5.69 Å². The first-order valence-electron chi connectivity index (χ1n) is 11.7. The Kier molecular flexibility index (Phi) is 8.76. The molecule has 0 spiro atoms. The number of nitrogens with one attached hydrogen (secondary N) is 1. The molecule has 1 aromatic carbocycles. The van der Waals surface area contributed by atoms with E-state index in [1.54, 1.807) is 25.1 Å². The van der Waals surface area contributed by atoms with Gasteiger partial charge in [0, 0.05) is 24.6 Å². The SMILES string of the molecule is COCC(O)Cn1c(=O)cnn(-c2ccc(C)c(C(=O)NCC3(CO)CCCCCC3)c2)c1=O. The summed E-state index contributed by atoms with van der Waals surface area (Å²) in [5.74, 6) is -0.298. The maximum Gasteiger partial charge on any atom is 0.352 e. The van der Waals surface area contributed by atoms with Crippen LogP contribution >= 0.6 is 0 Å². The molecule has 0 radical (unpaired) electrons. The number of aliphatic hydroxyl groups is 2. The molecular formula is C24H34N4O6. The van der Waals surface area contributed by atoms with Crippen LogP contribution in [0.4, 0.5) is 0 Å². The molecule has 10 heteroatoms. The zero-order valence-corrected chi connectivity index (χ0v) is 19.8. The third-order valence-electron chi connectivity index (χ3n) is 6.55. The number of aromatic nitrogens is 3. The van der Waals surface area contributed by atoms with Gasteiger partial charge in [0.2, 0.25) is 0 Å². The van der Waals surface area contributed by atoms with Gasteiger partial charge in [-0.05, 0) is 37.5 Å². The number of aryl methyl sites for hydroxylation is 1. The van der Waals surface area contributed by atoms with E-state index in [4.69, 9.17) is 4.74 Å². The molecule has 186 valence electrons. The topological polar surface area (TPSA) is 136 Å². The van der Waals surface area contributed by atoms with E-state index in [2.05, 4.69) is 10.4 Å². The summed E-state index contributed by atoms with van der Waals surface area (Å²) in [6.45, 7) is 1.94. The zero-order valence-electron chi connectivity index (χ0n) is 19.8. The number of amides is 1. The maximum absolute atomic E-state index is 13.1. The number of hydrogen-bond acceptors (Lipinski definition) is 7. The third-order valence-corrected chi connectivity index (χ3v) is 6.55. The smallest absolute Gasteiger partial charge is 0.352 e. The molecule has 10 nitrogen and oxygen atoms in total. The Bertz CT molecular complexity index is 1100. The van der Waals surface area contributed by atoms with Gasteiger partial charge in [-0.2, -0.15) is 9.78 Å². The average molecular weight is 475 g/mol. The van der Waals surface area contributed by atoms with E-state index in [1.165, 1.54) is 7.11 Å². The number of aliphatic hydroxyl groups excluding tert-OH is 2. The molecule has 3 rings (SSSR count). The predicted octanol–water partition coefficient (Wildman–Crippen LogP) is 0.773. The van der Waals surface area contributed by atoms with Gasteiger partial charge in [-0.3, -0.25) is 14.2 Å². The van der Waals surface area contributed by atoms with Crippen molar-refractivity contribution in [2.24, 2.45) is 5.41 Å². The molecule has 0 aliphatic heterocycles. The first-order valence-corrected chi connectivity index (χ1v) is 11.7. The van der Waals surface area contributed by atoms with E-state index in [0.29, 0.717) is 17.8 Å². The Hall–Kier alpha value is -2.82. The number of methoxy groups -OCH3 is 1. The van der Waals surface area contributed by atoms with Gasteiger partial charge in [0.25, 0.3) is 11.5 Å². The van der Waals surface area contributed by atoms with Gasteiger partial charge in [-0.25, -0.2) is 4.79 Å². The van der Waals surface area contributed by atoms with Crippen LogP contribution in [0.25, 0.3) is 5.69 Å². The van der Waals surface area contributed by atoms with Crippen LogP contribution in [0.1, 0.15) is 54.4 Å². The summed E-state index contributed by atoms with van der Waals surface area (Å²) < 4.78 is 6.77. The summed E-state index contributed by atoms with van der Waals surface area (Å²) in [5, 5.41) is 26.9. The van der Waals surface area contributed by atoms with Crippen molar-refractivity contribution >= 4 is 5.91 Å². The first-order chi connectivity index (χ1) is 16.3. The molecule has 1 unspecified atom stereocenters. The van der Waals surface area contributed by atoms with Crippen molar-refractivity contribution < 1.29 is 19.7 Å². The highest BCUT2D eigenvalue weighted by Crippen LogP contribution is 2.34. The van der Waals surface area contributed by atoms with Crippen LogP contribution in [0.2, 0.25) is 0 Å². The van der Waals surface area contributed by atoms with Crippen LogP contribution in [0.15, 0.2) is 34.0 Å². The molecular weight excluding hydrogens is 440 g/mol. The van der Waals surface area contributed by atoms with Crippen molar-refractivity contribution in [3.63, 3.8) is 0 Å². The number of hydrogen-bond donors (Lipinski definition) is 3. The molecule has 34 heavy (non-hydrogen) atoms. The minimum atomic E-state index is -1.03. The Labute approximate surface area is 198 Å². The minimum Gasteiger partial charge on any atom is -0.396 e. The second-order valence-corrected chi connectivity index (χ2v) is 9.15. The molecule has 1 aliphatic rings. The fourth-order valence-corrected chi connectivity index (χ4v) is 4.45. The van der Waals surface area contributed by atoms with Crippen molar-refractivity contribution in [2.75, 3.05) is 26.9 Å². The molecule has 1 fully saturated rings. The number of benzene rings is 1. The van der Waals surface area contributed by atoms with E-state index < -0.39 is 17.4 Å². The molecule has 3 N–H and O–H groups in total. The number of nitrogens with zero attached hydrogens (tertiary/aromatic N) is 3. The Morgan fingerprint density at radius 3 is 2.59 bits per heavy atom. The van der Waals surface area contributed by atoms with E-state index in [1.807, 2.05) is 0 Å². The van der Waals surface area contributed by atoms with Crippen molar-refractivity contribution in [3.05, 3.63) is 56.4 Å². The molecule has 0 saturated heterocycles. The van der Waals surface area contributed by atoms with Crippen molar-refractivity contribution in [1.82, 2.24) is 19.7 Å². The van der Waals surface area contributed by atoms with Gasteiger partial charge < -0.3 is 20.3 Å². The van der Waals surface area contributed by atoms with Gasteiger partial charge in [0.15, 0.2) is 0 Å². The lowest BCUT2D eigenvalue weighted by molar-refractivity contribution is 0.0519. The standard InChI is InChI=1S/C24H34N4O6/c1-17-7-8-18(28-23(33)27(21(31)12-26-28)13-19(30)14-34-2)11-20(17)22(32)25-15-24(16-29)9-5-3-4-6-10-24/h7-8,11-12,19,29-30H,3-6,9-10,13-16H2,1-2H3,(H,25,32). The van der Waals surface area contributed by atoms with Crippen LogP contribution in [-0.2, 0) is 11.3 Å². The summed E-state index contributed by atoms with van der Waals surface area (Å²) in [5.41, 5.74) is -0.256. The lowest BCUT2D eigenvalue weighted by Gasteiger charge is -2.31. The van der Waals surface area contributed by atoms with E-state index in [9.17, 15) is 24.6 Å². The zero-order chi connectivity index (χ0) is 24.7. The fraction of sp³-hybridized carbons (Fsp3) is 0.583. The summed E-state index contributed by atoms with van der Waals surface area (Å²) in [6.07, 6.45) is 6.07. The Balaban J connectivity index is 1.85. The molecule has 1 atom stereocenters. The highest BCUT2D eigenvalue weighted by atomic mass is 16.5. The van der Waals surface area contributed by atoms with Crippen LogP contribution in [0, 0.1) is 12.3 Å². The molecule has 1 heterocycles. The Morgan fingerprint density at radius 2 is 1.94 bits per heavy atom. The third kappa shape index (κ3) is 5.99. The normalized spacial score (nSPS) is 16.6. The van der Waals surface area contributed by atoms with Crippen LogP contribution in [0.3, 0.4) is 0 Å². The van der Waals surface area contributed by atoms with E-state index >= 15 is 0 Å². The van der Waals surface area contributed by atoms with Crippen LogP contribution in [-0.4, -0.2) is 63.4 Å². The molecule has 2 aromatic rings. The summed E-state index contributed by atoms with van der Waals surface area (Å²) >= 11 is 0. The monoisotopic (exact) mass is 474 g/mol. The van der Waals surface area contributed by atoms with Gasteiger partial charge in [0.05, 0.1) is 31.5 Å². The van der Waals surface area contributed by atoms with Crippen LogP contribution < -0.4 is 16.6 Å². The van der Waals surface area contributed by atoms with E-state index in [-0.39, 0.29) is 31.1 Å². The highest BCUT2D eigenvalue weighted by Gasteiger charge is 2.31. The van der Waals surface area contributed by atoms with Gasteiger partial charge in [0.1, 0.15) is 6.20 Å². The van der Waals surface area contributed by atoms with E-state index in [0.717, 1.165) is 59.5 Å². The largest absolute Gasteiger partial charge is 0.396 e. The number of ether oxygens (including phenoxy) is 1. The highest BCUT2D eigenvalue weighted by molar-refractivity contribution is 5.96. The number of carbonyl (C=O) groups excluding carboxylic acids is 1. The van der Waals surface area contributed by atoms with Gasteiger partial charge in [-0.1, -0.05) is 31.7 Å². The van der Waals surface area contributed by atoms with Crippen molar-refractivity contribution in [1.29, 1.82) is 0 Å².